The van der Waals surface area contributed by atoms with Crippen molar-refractivity contribution in [1.29, 1.82) is 0 Å². The molecule has 1 aromatic carbocycles. The summed E-state index contributed by atoms with van der Waals surface area (Å²) < 4.78 is 10.8. The Morgan fingerprint density at radius 2 is 1.48 bits per heavy atom. The molecule has 21 heavy (non-hydrogen) atoms. The van der Waals surface area contributed by atoms with Gasteiger partial charge in [0.25, 0.3) is 0 Å². The monoisotopic (exact) mass is 292 g/mol. The molecule has 1 saturated carbocycles. The van der Waals surface area contributed by atoms with Crippen LogP contribution in [0.15, 0.2) is 18.2 Å². The predicted octanol–water partition coefficient (Wildman–Crippen LogP) is 4.13. The van der Waals surface area contributed by atoms with Gasteiger partial charge in [-0.1, -0.05) is 27.7 Å². The Labute approximate surface area is 128 Å². The van der Waals surface area contributed by atoms with Gasteiger partial charge in [0, 0.05) is 11.6 Å². The summed E-state index contributed by atoms with van der Waals surface area (Å²) in [5, 5.41) is 11.4. The molecule has 1 aliphatic carbocycles. The Balaban J connectivity index is 2.48. The van der Waals surface area contributed by atoms with E-state index >= 15 is 0 Å². The maximum absolute atomic E-state index is 11.4. The van der Waals surface area contributed by atoms with Gasteiger partial charge in [0.05, 0.1) is 19.8 Å². The lowest BCUT2D eigenvalue weighted by atomic mass is 9.58. The highest BCUT2D eigenvalue weighted by atomic mass is 16.5. The van der Waals surface area contributed by atoms with E-state index in [2.05, 4.69) is 27.7 Å². The number of rotatable bonds is 3. The van der Waals surface area contributed by atoms with Crippen molar-refractivity contribution in [3.63, 3.8) is 0 Å². The predicted molar refractivity (Wildman–Crippen MR) is 84.9 cm³/mol. The molecule has 3 heteroatoms. The smallest absolute Gasteiger partial charge is 0.128 e. The molecule has 0 bridgehead atoms. The molecule has 0 spiro atoms. The summed E-state index contributed by atoms with van der Waals surface area (Å²) in [5.41, 5.74) is 0.206. The fourth-order valence-electron chi connectivity index (χ4n) is 4.44. The fourth-order valence-corrected chi connectivity index (χ4v) is 4.44. The van der Waals surface area contributed by atoms with Crippen LogP contribution in [0.1, 0.15) is 52.5 Å². The molecule has 0 aliphatic heterocycles. The van der Waals surface area contributed by atoms with Crippen LogP contribution in [-0.4, -0.2) is 19.3 Å². The van der Waals surface area contributed by atoms with Crippen molar-refractivity contribution in [2.24, 2.45) is 10.8 Å². The van der Waals surface area contributed by atoms with E-state index in [9.17, 15) is 5.11 Å². The van der Waals surface area contributed by atoms with Crippen molar-refractivity contribution in [3.05, 3.63) is 23.8 Å². The van der Waals surface area contributed by atoms with Gasteiger partial charge in [-0.25, -0.2) is 0 Å². The summed E-state index contributed by atoms with van der Waals surface area (Å²) in [6.07, 6.45) is 2.60. The van der Waals surface area contributed by atoms with E-state index in [1.54, 1.807) is 14.2 Å². The van der Waals surface area contributed by atoms with Crippen LogP contribution in [0.4, 0.5) is 0 Å². The van der Waals surface area contributed by atoms with Crippen molar-refractivity contribution in [2.45, 2.75) is 52.6 Å². The second-order valence-corrected chi connectivity index (χ2v) is 7.96. The third-order valence-corrected chi connectivity index (χ3v) is 4.41. The first-order valence-electron chi connectivity index (χ1n) is 7.56. The first kappa shape index (κ1) is 16.2. The maximum atomic E-state index is 11.4. The number of aliphatic hydroxyl groups is 1. The Bertz CT molecular complexity index is 501. The van der Waals surface area contributed by atoms with E-state index in [4.69, 9.17) is 9.47 Å². The van der Waals surface area contributed by atoms with Crippen molar-refractivity contribution in [2.75, 3.05) is 14.2 Å². The molecule has 0 amide bonds. The van der Waals surface area contributed by atoms with Gasteiger partial charge in [0.1, 0.15) is 11.5 Å². The molecule has 1 aliphatic rings. The molecule has 118 valence electrons. The van der Waals surface area contributed by atoms with Crippen molar-refractivity contribution in [1.82, 2.24) is 0 Å². The summed E-state index contributed by atoms with van der Waals surface area (Å²) in [6, 6.07) is 5.68. The van der Waals surface area contributed by atoms with Crippen LogP contribution < -0.4 is 9.47 Å². The van der Waals surface area contributed by atoms with E-state index in [1.807, 2.05) is 18.2 Å². The largest absolute Gasteiger partial charge is 0.497 e. The highest BCUT2D eigenvalue weighted by Crippen LogP contribution is 2.55. The van der Waals surface area contributed by atoms with E-state index in [0.29, 0.717) is 5.75 Å². The van der Waals surface area contributed by atoms with Gasteiger partial charge in [-0.3, -0.25) is 0 Å². The van der Waals surface area contributed by atoms with E-state index in [-0.39, 0.29) is 10.8 Å². The molecule has 0 radical (unpaired) electrons. The zero-order valence-corrected chi connectivity index (χ0v) is 14.1. The second kappa shape index (κ2) is 5.20. The zero-order chi connectivity index (χ0) is 15.9. The van der Waals surface area contributed by atoms with Gasteiger partial charge >= 0.3 is 0 Å². The Morgan fingerprint density at radius 1 is 0.905 bits per heavy atom. The maximum Gasteiger partial charge on any atom is 0.128 e. The molecule has 1 fully saturated rings. The molecule has 0 aromatic heterocycles. The van der Waals surface area contributed by atoms with Gasteiger partial charge in [0.2, 0.25) is 0 Å². The molecule has 1 aromatic rings. The minimum atomic E-state index is -0.858. The standard InChI is InChI=1S/C18H28O3/c1-16(2)10-17(3,4)12-18(19,11-16)14-8-7-13(20-5)9-15(14)21-6/h7-9,19H,10-12H2,1-6H3. The Morgan fingerprint density at radius 3 is 1.95 bits per heavy atom. The average Bonchev–Trinajstić information content (AvgIpc) is 2.33. The number of methoxy groups -OCH3 is 2. The van der Waals surface area contributed by atoms with Gasteiger partial charge in [-0.15, -0.1) is 0 Å². The topological polar surface area (TPSA) is 38.7 Å². The third kappa shape index (κ3) is 3.34. The van der Waals surface area contributed by atoms with Crippen LogP contribution in [0.2, 0.25) is 0 Å². The summed E-state index contributed by atoms with van der Waals surface area (Å²) in [5.74, 6) is 1.44. The first-order chi connectivity index (χ1) is 9.61. The summed E-state index contributed by atoms with van der Waals surface area (Å²) in [6.45, 7) is 8.92. The normalized spacial score (nSPS) is 22.6. The van der Waals surface area contributed by atoms with Crippen molar-refractivity contribution in [3.8, 4) is 11.5 Å². The minimum Gasteiger partial charge on any atom is -0.497 e. The minimum absolute atomic E-state index is 0.0986. The number of hydrogen-bond acceptors (Lipinski definition) is 3. The third-order valence-electron chi connectivity index (χ3n) is 4.41. The van der Waals surface area contributed by atoms with Crippen LogP contribution >= 0.6 is 0 Å². The van der Waals surface area contributed by atoms with E-state index in [0.717, 1.165) is 30.6 Å². The van der Waals surface area contributed by atoms with Crippen molar-refractivity contribution >= 4 is 0 Å². The van der Waals surface area contributed by atoms with Crippen LogP contribution in [0.25, 0.3) is 0 Å². The lowest BCUT2D eigenvalue weighted by Gasteiger charge is -2.50. The molecule has 0 heterocycles. The molecule has 0 atom stereocenters. The van der Waals surface area contributed by atoms with Crippen LogP contribution in [0.5, 0.6) is 11.5 Å². The van der Waals surface area contributed by atoms with Crippen molar-refractivity contribution < 1.29 is 14.6 Å². The summed E-state index contributed by atoms with van der Waals surface area (Å²) in [4.78, 5) is 0. The average molecular weight is 292 g/mol. The highest BCUT2D eigenvalue weighted by Gasteiger charge is 2.48. The quantitative estimate of drug-likeness (QED) is 0.910. The van der Waals surface area contributed by atoms with Crippen LogP contribution in [0.3, 0.4) is 0 Å². The molecule has 3 nitrogen and oxygen atoms in total. The van der Waals surface area contributed by atoms with Gasteiger partial charge < -0.3 is 14.6 Å². The lowest BCUT2D eigenvalue weighted by Crippen LogP contribution is -2.44. The molecule has 2 rings (SSSR count). The van der Waals surface area contributed by atoms with Gasteiger partial charge in [-0.05, 0) is 42.2 Å². The molecular formula is C18H28O3. The number of ether oxygens (including phenoxy) is 2. The molecule has 0 unspecified atom stereocenters. The second-order valence-electron chi connectivity index (χ2n) is 7.96. The number of benzene rings is 1. The van der Waals surface area contributed by atoms with Crippen LogP contribution in [-0.2, 0) is 5.60 Å². The zero-order valence-electron chi connectivity index (χ0n) is 14.1. The molecule has 0 saturated heterocycles. The summed E-state index contributed by atoms with van der Waals surface area (Å²) in [7, 11) is 3.27. The van der Waals surface area contributed by atoms with Crippen LogP contribution in [0, 0.1) is 10.8 Å². The lowest BCUT2D eigenvalue weighted by molar-refractivity contribution is -0.0922. The Kier molecular flexibility index (Phi) is 4.00. The summed E-state index contributed by atoms with van der Waals surface area (Å²) >= 11 is 0. The SMILES string of the molecule is COc1ccc(C2(O)CC(C)(C)CC(C)(C)C2)c(OC)c1. The van der Waals surface area contributed by atoms with E-state index < -0.39 is 5.60 Å². The molecular weight excluding hydrogens is 264 g/mol. The highest BCUT2D eigenvalue weighted by molar-refractivity contribution is 5.44. The number of hydrogen-bond donors (Lipinski definition) is 1. The van der Waals surface area contributed by atoms with Gasteiger partial charge in [0.15, 0.2) is 0 Å². The fraction of sp³-hybridized carbons (Fsp3) is 0.667. The van der Waals surface area contributed by atoms with E-state index in [1.165, 1.54) is 0 Å². The van der Waals surface area contributed by atoms with Gasteiger partial charge in [-0.2, -0.15) is 0 Å². The Hall–Kier alpha value is -1.22. The first-order valence-corrected chi connectivity index (χ1v) is 7.56. The molecule has 1 N–H and O–H groups in total.